The molecule has 0 saturated heterocycles. The Bertz CT molecular complexity index is 1230. The summed E-state index contributed by atoms with van der Waals surface area (Å²) in [5, 5.41) is 4.63. The number of anilines is 1. The first kappa shape index (κ1) is 26.0. The Hall–Kier alpha value is -4.05. The van der Waals surface area contributed by atoms with Crippen molar-refractivity contribution in [1.29, 1.82) is 0 Å². The van der Waals surface area contributed by atoms with Gasteiger partial charge in [-0.25, -0.2) is 15.8 Å². The molecule has 2 heterocycles. The maximum Gasteiger partial charge on any atom is 0.226 e. The van der Waals surface area contributed by atoms with E-state index in [4.69, 9.17) is 30.8 Å². The Morgan fingerprint density at radius 1 is 1.08 bits per heavy atom. The third-order valence-corrected chi connectivity index (χ3v) is 6.20. The Morgan fingerprint density at radius 3 is 2.59 bits per heavy atom. The molecule has 37 heavy (non-hydrogen) atoms. The first-order valence-electron chi connectivity index (χ1n) is 12.4. The molecule has 1 fully saturated rings. The van der Waals surface area contributed by atoms with Crippen LogP contribution >= 0.6 is 0 Å². The van der Waals surface area contributed by atoms with Crippen LogP contribution in [0.1, 0.15) is 43.5 Å². The van der Waals surface area contributed by atoms with Gasteiger partial charge in [0, 0.05) is 25.4 Å². The summed E-state index contributed by atoms with van der Waals surface area (Å²) in [6.45, 7) is 2.21. The predicted octanol–water partition coefficient (Wildman–Crippen LogP) is 4.24. The lowest BCUT2D eigenvalue weighted by atomic mass is 9.98. The van der Waals surface area contributed by atoms with Gasteiger partial charge in [0.15, 0.2) is 0 Å². The molecule has 1 aliphatic rings. The largest absolute Gasteiger partial charge is 0.497 e. The number of benzene rings is 1. The second-order valence-electron chi connectivity index (χ2n) is 8.98. The summed E-state index contributed by atoms with van der Waals surface area (Å²) in [6, 6.07) is 12.8. The molecule has 0 spiro atoms. The van der Waals surface area contributed by atoms with Crippen molar-refractivity contribution in [2.45, 2.75) is 45.1 Å². The summed E-state index contributed by atoms with van der Waals surface area (Å²) in [4.78, 5) is 13.4. The monoisotopic (exact) mass is 505 g/mol. The van der Waals surface area contributed by atoms with E-state index in [-0.39, 0.29) is 12.6 Å². The average Bonchev–Trinajstić information content (AvgIpc) is 2.90. The molecule has 0 atom stereocenters. The van der Waals surface area contributed by atoms with Crippen molar-refractivity contribution in [2.75, 3.05) is 26.0 Å². The molecule has 0 unspecified atom stereocenters. The lowest BCUT2D eigenvalue weighted by molar-refractivity contribution is 0.153. The summed E-state index contributed by atoms with van der Waals surface area (Å²) < 4.78 is 17.3. The fraction of sp³-hybridized carbons (Fsp3) is 0.370. The van der Waals surface area contributed by atoms with Crippen LogP contribution in [0.15, 0.2) is 54.4 Å². The Morgan fingerprint density at radius 2 is 1.86 bits per heavy atom. The van der Waals surface area contributed by atoms with Gasteiger partial charge < -0.3 is 30.3 Å². The lowest BCUT2D eigenvalue weighted by Gasteiger charge is -2.24. The number of nitrogens with zero attached hydrogens (tertiary/aromatic N) is 4. The molecule has 196 valence electrons. The van der Waals surface area contributed by atoms with E-state index < -0.39 is 0 Å². The molecule has 4 rings (SSSR count). The van der Waals surface area contributed by atoms with Gasteiger partial charge >= 0.3 is 0 Å². The highest BCUT2D eigenvalue weighted by molar-refractivity contribution is 5.64. The molecule has 1 aromatic carbocycles. The third kappa shape index (κ3) is 7.01. The Kier molecular flexibility index (Phi) is 8.63. The van der Waals surface area contributed by atoms with Gasteiger partial charge in [-0.1, -0.05) is 12.5 Å². The maximum atomic E-state index is 6.50. The molecule has 1 saturated carbocycles. The van der Waals surface area contributed by atoms with E-state index in [1.165, 1.54) is 24.3 Å². The minimum Gasteiger partial charge on any atom is -0.497 e. The van der Waals surface area contributed by atoms with Crippen LogP contribution in [-0.2, 0) is 0 Å². The minimum absolute atomic E-state index is 0.256. The number of nitrogens with two attached hydrogens (primary N) is 2. The second kappa shape index (κ2) is 12.3. The molecule has 5 N–H and O–H groups in total. The van der Waals surface area contributed by atoms with Gasteiger partial charge in [0.25, 0.3) is 0 Å². The zero-order valence-corrected chi connectivity index (χ0v) is 21.6. The van der Waals surface area contributed by atoms with Crippen LogP contribution < -0.4 is 31.1 Å². The summed E-state index contributed by atoms with van der Waals surface area (Å²) >= 11 is 0. The predicted molar refractivity (Wildman–Crippen MR) is 143 cm³/mol. The number of aromatic nitrogens is 3. The van der Waals surface area contributed by atoms with Crippen LogP contribution in [0, 0.1) is 6.92 Å². The van der Waals surface area contributed by atoms with Crippen molar-refractivity contribution < 1.29 is 14.2 Å². The van der Waals surface area contributed by atoms with Crippen LogP contribution in [0.2, 0.25) is 0 Å². The number of hydrazine groups is 1. The highest BCUT2D eigenvalue weighted by Crippen LogP contribution is 2.27. The van der Waals surface area contributed by atoms with Crippen LogP contribution in [0.3, 0.4) is 0 Å². The van der Waals surface area contributed by atoms with Crippen molar-refractivity contribution in [3.05, 3.63) is 65.7 Å². The number of ether oxygens (including phenoxy) is 3. The van der Waals surface area contributed by atoms with Crippen molar-refractivity contribution in [3.63, 3.8) is 0 Å². The fourth-order valence-corrected chi connectivity index (χ4v) is 4.18. The molecule has 0 radical (unpaired) electrons. The quantitative estimate of drug-likeness (QED) is 0.271. The van der Waals surface area contributed by atoms with E-state index in [9.17, 15) is 0 Å². The van der Waals surface area contributed by atoms with E-state index >= 15 is 0 Å². The zero-order chi connectivity index (χ0) is 26.2. The first-order valence-corrected chi connectivity index (χ1v) is 12.4. The highest BCUT2D eigenvalue weighted by Gasteiger charge is 2.17. The average molecular weight is 506 g/mol. The van der Waals surface area contributed by atoms with E-state index in [1.807, 2.05) is 37.3 Å². The van der Waals surface area contributed by atoms with E-state index in [2.05, 4.69) is 15.3 Å². The molecule has 0 amide bonds. The maximum absolute atomic E-state index is 6.50. The molecule has 3 aromatic rings. The zero-order valence-electron chi connectivity index (χ0n) is 21.6. The van der Waals surface area contributed by atoms with Gasteiger partial charge in [-0.05, 0) is 56.9 Å². The van der Waals surface area contributed by atoms with Crippen molar-refractivity contribution in [1.82, 2.24) is 20.0 Å². The smallest absolute Gasteiger partial charge is 0.226 e. The molecule has 0 aliphatic heterocycles. The number of hydrogen-bond acceptors (Lipinski definition) is 10. The Labute approximate surface area is 217 Å². The summed E-state index contributed by atoms with van der Waals surface area (Å²) in [7, 11) is 3.33. The van der Waals surface area contributed by atoms with Gasteiger partial charge in [-0.2, -0.15) is 4.98 Å². The molecule has 10 nitrogen and oxygen atoms in total. The summed E-state index contributed by atoms with van der Waals surface area (Å²) in [6.07, 6.45) is 7.75. The third-order valence-electron chi connectivity index (χ3n) is 6.20. The van der Waals surface area contributed by atoms with E-state index in [0.717, 1.165) is 24.3 Å². The number of methoxy groups -OCH3 is 1. The van der Waals surface area contributed by atoms with Gasteiger partial charge in [-0.15, -0.1) is 0 Å². The first-order chi connectivity index (χ1) is 17.9. The van der Waals surface area contributed by atoms with Crippen LogP contribution in [-0.4, -0.2) is 46.8 Å². The van der Waals surface area contributed by atoms with Gasteiger partial charge in [0.2, 0.25) is 11.8 Å². The van der Waals surface area contributed by atoms with Crippen LogP contribution in [0.5, 0.6) is 23.1 Å². The van der Waals surface area contributed by atoms with E-state index in [0.29, 0.717) is 40.4 Å². The second-order valence-corrected chi connectivity index (χ2v) is 8.98. The molecule has 1 aliphatic carbocycles. The highest BCUT2D eigenvalue weighted by atomic mass is 16.5. The number of hydrogen-bond donors (Lipinski definition) is 3. The van der Waals surface area contributed by atoms with Gasteiger partial charge in [-0.3, -0.25) is 0 Å². The topological polar surface area (TPSA) is 134 Å². The van der Waals surface area contributed by atoms with Crippen molar-refractivity contribution in [2.24, 2.45) is 11.6 Å². The number of aryl methyl sites for hydroxylation is 1. The molecule has 10 heteroatoms. The fourth-order valence-electron chi connectivity index (χ4n) is 4.18. The minimum atomic E-state index is 0.256. The number of pyridine rings is 1. The normalized spacial score (nSPS) is 14.5. The number of rotatable bonds is 10. The van der Waals surface area contributed by atoms with Gasteiger partial charge in [0.05, 0.1) is 42.5 Å². The SMILES string of the molecule is COc1cccc(Oc2ccnc(NC/C(=C(/N)c3ccc(OC4CCCCC4)c(C)n3)N(C)N)n2)c1. The standard InChI is InChI=1S/C27H35N7O3/c1-18-24(36-19-8-5-4-6-9-19)13-12-22(32-18)26(28)23(34(2)29)17-31-27-30-15-14-25(33-27)37-21-11-7-10-20(16-21)35-3/h7,10-16,19H,4-6,8-9,17,28-29H2,1-3H3,(H,30,31,33)/b26-23-. The number of likely N-dealkylation sites (N-methyl/N-ethyl adjacent to an activating group) is 1. The summed E-state index contributed by atoms with van der Waals surface area (Å²) in [5.41, 5.74) is 9.01. The van der Waals surface area contributed by atoms with Crippen LogP contribution in [0.4, 0.5) is 5.95 Å². The molecule has 0 bridgehead atoms. The number of nitrogens with one attached hydrogen (secondary N) is 1. The van der Waals surface area contributed by atoms with Crippen LogP contribution in [0.25, 0.3) is 5.70 Å². The van der Waals surface area contributed by atoms with Crippen molar-refractivity contribution in [3.8, 4) is 23.1 Å². The molecule has 2 aromatic heterocycles. The van der Waals surface area contributed by atoms with Crippen molar-refractivity contribution >= 4 is 11.6 Å². The van der Waals surface area contributed by atoms with Gasteiger partial charge in [0.1, 0.15) is 17.2 Å². The molecular formula is C27H35N7O3. The summed E-state index contributed by atoms with van der Waals surface area (Å²) in [5.74, 6) is 8.96. The molecular weight excluding hydrogens is 470 g/mol. The lowest BCUT2D eigenvalue weighted by Crippen LogP contribution is -2.32. The Balaban J connectivity index is 1.45. The van der Waals surface area contributed by atoms with E-state index in [1.54, 1.807) is 32.5 Å².